The lowest BCUT2D eigenvalue weighted by Crippen LogP contribution is -2.34. The first-order chi connectivity index (χ1) is 9.51. The normalized spacial score (nSPS) is 22.8. The summed E-state index contributed by atoms with van der Waals surface area (Å²) in [5.74, 6) is 1.82. The van der Waals surface area contributed by atoms with Crippen LogP contribution >= 0.6 is 0 Å². The molecule has 0 aliphatic carbocycles. The molecule has 1 N–H and O–H groups in total. The van der Waals surface area contributed by atoms with Crippen molar-refractivity contribution in [3.05, 3.63) is 23.4 Å². The number of hydrogen-bond acceptors (Lipinski definition) is 4. The Morgan fingerprint density at radius 3 is 2.70 bits per heavy atom. The molecule has 0 bridgehead atoms. The lowest BCUT2D eigenvalue weighted by molar-refractivity contribution is 0.266. The van der Waals surface area contributed by atoms with E-state index < -0.39 is 0 Å². The minimum Gasteiger partial charge on any atom is -0.355 e. The van der Waals surface area contributed by atoms with Crippen LogP contribution in [0.1, 0.15) is 25.1 Å². The zero-order chi connectivity index (χ0) is 14.7. The predicted octanol–water partition coefficient (Wildman–Crippen LogP) is 1.89. The molecule has 4 heteroatoms. The molecule has 1 aromatic heterocycles. The fourth-order valence-electron chi connectivity index (χ4n) is 3.06. The van der Waals surface area contributed by atoms with Gasteiger partial charge in [-0.3, -0.25) is 0 Å². The maximum atomic E-state index is 4.73. The summed E-state index contributed by atoms with van der Waals surface area (Å²) in [4.78, 5) is 9.49. The number of anilines is 1. The van der Waals surface area contributed by atoms with E-state index in [1.165, 1.54) is 5.56 Å². The molecule has 0 radical (unpaired) electrons. The van der Waals surface area contributed by atoms with Crippen molar-refractivity contribution >= 4 is 5.82 Å². The Hall–Kier alpha value is -1.13. The van der Waals surface area contributed by atoms with E-state index in [-0.39, 0.29) is 0 Å². The van der Waals surface area contributed by atoms with Crippen LogP contribution in [0.25, 0.3) is 0 Å². The summed E-state index contributed by atoms with van der Waals surface area (Å²) in [6.45, 7) is 10.7. The average molecular weight is 276 g/mol. The molecule has 1 aromatic rings. The molecule has 4 nitrogen and oxygen atoms in total. The molecule has 2 atom stereocenters. The molecule has 2 unspecified atom stereocenters. The maximum absolute atomic E-state index is 4.73. The second-order valence-electron chi connectivity index (χ2n) is 6.17. The highest BCUT2D eigenvalue weighted by atomic mass is 15.3. The molecule has 2 heterocycles. The Morgan fingerprint density at radius 2 is 2.10 bits per heavy atom. The zero-order valence-corrected chi connectivity index (χ0v) is 13.5. The minimum absolute atomic E-state index is 0.620. The van der Waals surface area contributed by atoms with Gasteiger partial charge in [-0.2, -0.15) is 0 Å². The van der Waals surface area contributed by atoms with Gasteiger partial charge in [0, 0.05) is 31.4 Å². The monoisotopic (exact) mass is 276 g/mol. The summed E-state index contributed by atoms with van der Waals surface area (Å²) in [6.07, 6.45) is 0. The molecule has 2 rings (SSSR count). The smallest absolute Gasteiger partial charge is 0.129 e. The van der Waals surface area contributed by atoms with Crippen LogP contribution in [-0.4, -0.2) is 49.7 Å². The summed E-state index contributed by atoms with van der Waals surface area (Å²) in [5, 5.41) is 3.39. The number of nitrogens with zero attached hydrogens (tertiary/aromatic N) is 3. The SMILES string of the molecule is CCNCc1cc(C)nc(N2CC(C)C(N(C)C)C2)c1. The highest BCUT2D eigenvalue weighted by molar-refractivity contribution is 5.44. The van der Waals surface area contributed by atoms with Crippen LogP contribution in [0.4, 0.5) is 5.82 Å². The van der Waals surface area contributed by atoms with E-state index in [9.17, 15) is 0 Å². The van der Waals surface area contributed by atoms with E-state index in [1.54, 1.807) is 0 Å². The van der Waals surface area contributed by atoms with Gasteiger partial charge in [0.15, 0.2) is 0 Å². The molecule has 112 valence electrons. The van der Waals surface area contributed by atoms with Crippen LogP contribution in [0.15, 0.2) is 12.1 Å². The first kappa shape index (κ1) is 15.3. The van der Waals surface area contributed by atoms with Gasteiger partial charge >= 0.3 is 0 Å². The summed E-state index contributed by atoms with van der Waals surface area (Å²) < 4.78 is 0. The fraction of sp³-hybridized carbons (Fsp3) is 0.688. The van der Waals surface area contributed by atoms with Gasteiger partial charge in [-0.05, 0) is 51.2 Å². The van der Waals surface area contributed by atoms with Crippen molar-refractivity contribution in [1.29, 1.82) is 0 Å². The Labute approximate surface area is 123 Å². The van der Waals surface area contributed by atoms with Crippen molar-refractivity contribution in [2.24, 2.45) is 5.92 Å². The summed E-state index contributed by atoms with van der Waals surface area (Å²) in [5.41, 5.74) is 2.44. The number of pyridine rings is 1. The van der Waals surface area contributed by atoms with Gasteiger partial charge in [0.25, 0.3) is 0 Å². The first-order valence-electron chi connectivity index (χ1n) is 7.61. The molecule has 1 aliphatic heterocycles. The van der Waals surface area contributed by atoms with Crippen molar-refractivity contribution in [3.8, 4) is 0 Å². The average Bonchev–Trinajstić information content (AvgIpc) is 2.78. The van der Waals surface area contributed by atoms with Crippen molar-refractivity contribution in [2.45, 2.75) is 33.4 Å². The second kappa shape index (κ2) is 6.55. The van der Waals surface area contributed by atoms with Crippen LogP contribution in [0, 0.1) is 12.8 Å². The Balaban J connectivity index is 2.14. The van der Waals surface area contributed by atoms with E-state index in [0.717, 1.165) is 37.7 Å². The fourth-order valence-corrected chi connectivity index (χ4v) is 3.06. The van der Waals surface area contributed by atoms with Crippen molar-refractivity contribution < 1.29 is 0 Å². The van der Waals surface area contributed by atoms with E-state index >= 15 is 0 Å². The van der Waals surface area contributed by atoms with Crippen LogP contribution in [0.3, 0.4) is 0 Å². The Bertz CT molecular complexity index is 444. The third-order valence-corrected chi connectivity index (χ3v) is 4.14. The standard InChI is InChI=1S/C16H28N4/c1-6-17-9-14-7-13(3)18-16(8-14)20-10-12(2)15(11-20)19(4)5/h7-8,12,15,17H,6,9-11H2,1-5H3. The Kier molecular flexibility index (Phi) is 5.00. The molecule has 0 saturated carbocycles. The molecule has 1 aliphatic rings. The third kappa shape index (κ3) is 3.49. The second-order valence-corrected chi connectivity index (χ2v) is 6.17. The quantitative estimate of drug-likeness (QED) is 0.890. The summed E-state index contributed by atoms with van der Waals surface area (Å²) in [7, 11) is 4.34. The lowest BCUT2D eigenvalue weighted by Gasteiger charge is -2.23. The van der Waals surface area contributed by atoms with Crippen LogP contribution in [-0.2, 0) is 6.54 Å². The maximum Gasteiger partial charge on any atom is 0.129 e. The van der Waals surface area contributed by atoms with Gasteiger partial charge < -0.3 is 15.1 Å². The Morgan fingerprint density at radius 1 is 1.35 bits per heavy atom. The molecule has 1 saturated heterocycles. The van der Waals surface area contributed by atoms with Gasteiger partial charge in [0.1, 0.15) is 5.82 Å². The number of rotatable bonds is 5. The van der Waals surface area contributed by atoms with Crippen molar-refractivity contribution in [1.82, 2.24) is 15.2 Å². The summed E-state index contributed by atoms with van der Waals surface area (Å²) in [6, 6.07) is 5.03. The molecular weight excluding hydrogens is 248 g/mol. The number of aromatic nitrogens is 1. The summed E-state index contributed by atoms with van der Waals surface area (Å²) >= 11 is 0. The van der Waals surface area contributed by atoms with E-state index in [1.807, 2.05) is 0 Å². The number of nitrogens with one attached hydrogen (secondary N) is 1. The number of aryl methyl sites for hydroxylation is 1. The van der Waals surface area contributed by atoms with Gasteiger partial charge in [0.2, 0.25) is 0 Å². The third-order valence-electron chi connectivity index (χ3n) is 4.14. The highest BCUT2D eigenvalue weighted by Crippen LogP contribution is 2.25. The van der Waals surface area contributed by atoms with Crippen molar-refractivity contribution in [2.75, 3.05) is 38.6 Å². The topological polar surface area (TPSA) is 31.4 Å². The van der Waals surface area contributed by atoms with Gasteiger partial charge in [-0.15, -0.1) is 0 Å². The molecule has 20 heavy (non-hydrogen) atoms. The van der Waals surface area contributed by atoms with Gasteiger partial charge in [-0.25, -0.2) is 4.98 Å². The van der Waals surface area contributed by atoms with E-state index in [0.29, 0.717) is 12.0 Å². The van der Waals surface area contributed by atoms with Gasteiger partial charge in [0.05, 0.1) is 0 Å². The largest absolute Gasteiger partial charge is 0.355 e. The van der Waals surface area contributed by atoms with Crippen molar-refractivity contribution in [3.63, 3.8) is 0 Å². The van der Waals surface area contributed by atoms with Crippen LogP contribution in [0.5, 0.6) is 0 Å². The molecule has 1 fully saturated rings. The lowest BCUT2D eigenvalue weighted by atomic mass is 10.1. The molecular formula is C16H28N4. The molecule has 0 aromatic carbocycles. The number of hydrogen-bond donors (Lipinski definition) is 1. The highest BCUT2D eigenvalue weighted by Gasteiger charge is 2.31. The first-order valence-corrected chi connectivity index (χ1v) is 7.61. The number of likely N-dealkylation sites (N-methyl/N-ethyl adjacent to an activating group) is 1. The van der Waals surface area contributed by atoms with E-state index in [2.05, 4.69) is 62.1 Å². The molecule has 0 amide bonds. The minimum atomic E-state index is 0.620. The molecule has 0 spiro atoms. The van der Waals surface area contributed by atoms with Gasteiger partial charge in [-0.1, -0.05) is 13.8 Å². The predicted molar refractivity (Wildman–Crippen MR) is 85.2 cm³/mol. The zero-order valence-electron chi connectivity index (χ0n) is 13.5. The van der Waals surface area contributed by atoms with E-state index in [4.69, 9.17) is 4.98 Å². The van der Waals surface area contributed by atoms with Crippen LogP contribution < -0.4 is 10.2 Å². The van der Waals surface area contributed by atoms with Crippen LogP contribution in [0.2, 0.25) is 0 Å².